The highest BCUT2D eigenvalue weighted by atomic mass is 19.1. The highest BCUT2D eigenvalue weighted by Gasteiger charge is 2.25. The average Bonchev–Trinajstić information content (AvgIpc) is 3.01. The maximum absolute atomic E-state index is 14.0. The minimum atomic E-state index is -1.08. The molecule has 128 valence electrons. The zero-order valence-electron chi connectivity index (χ0n) is 13.1. The summed E-state index contributed by atoms with van der Waals surface area (Å²) in [5.74, 6) is -2.66. The molecule has 0 aliphatic heterocycles. The van der Waals surface area contributed by atoms with Crippen LogP contribution in [0.3, 0.4) is 0 Å². The van der Waals surface area contributed by atoms with E-state index in [0.717, 1.165) is 18.2 Å². The Balaban J connectivity index is 2.06. The third-order valence-electron chi connectivity index (χ3n) is 3.60. The Hall–Kier alpha value is -3.16. The standard InChI is InChI=1S/C17H13F2N3O3/c1-9-21-22-17(25-9)13(8-16(23)24)15-6-10(4-5-20-15)12-7-11(18)2-3-14(12)19/h2-7,13H,8H2,1H3,(H,23,24). The van der Waals surface area contributed by atoms with E-state index in [-0.39, 0.29) is 23.8 Å². The van der Waals surface area contributed by atoms with Gasteiger partial charge in [-0.1, -0.05) is 0 Å². The molecule has 0 fully saturated rings. The van der Waals surface area contributed by atoms with Crippen LogP contribution in [0.5, 0.6) is 0 Å². The van der Waals surface area contributed by atoms with E-state index in [1.807, 2.05) is 0 Å². The third-order valence-corrected chi connectivity index (χ3v) is 3.60. The number of hydrogen-bond acceptors (Lipinski definition) is 5. The van der Waals surface area contributed by atoms with Crippen molar-refractivity contribution in [1.82, 2.24) is 15.2 Å². The van der Waals surface area contributed by atoms with E-state index in [0.29, 0.717) is 11.3 Å². The number of benzene rings is 1. The molecule has 1 aromatic carbocycles. The van der Waals surface area contributed by atoms with Crippen LogP contribution >= 0.6 is 0 Å². The molecule has 0 saturated heterocycles. The zero-order chi connectivity index (χ0) is 18.0. The summed E-state index contributed by atoms with van der Waals surface area (Å²) in [6.07, 6.45) is 1.07. The number of nitrogens with zero attached hydrogens (tertiary/aromatic N) is 3. The number of hydrogen-bond donors (Lipinski definition) is 1. The van der Waals surface area contributed by atoms with E-state index >= 15 is 0 Å². The molecule has 0 radical (unpaired) electrons. The van der Waals surface area contributed by atoms with Crippen LogP contribution in [0.25, 0.3) is 11.1 Å². The summed E-state index contributed by atoms with van der Waals surface area (Å²) in [5, 5.41) is 16.7. The first-order chi connectivity index (χ1) is 11.9. The van der Waals surface area contributed by atoms with Crippen molar-refractivity contribution < 1.29 is 23.1 Å². The number of halogens is 2. The van der Waals surface area contributed by atoms with E-state index < -0.39 is 23.5 Å². The van der Waals surface area contributed by atoms with Crippen LogP contribution < -0.4 is 0 Å². The van der Waals surface area contributed by atoms with Crippen LogP contribution in [0.15, 0.2) is 40.9 Å². The first-order valence-electron chi connectivity index (χ1n) is 7.37. The van der Waals surface area contributed by atoms with Crippen LogP contribution in [0.1, 0.15) is 29.8 Å². The Morgan fingerprint density at radius 2 is 2.04 bits per heavy atom. The fraction of sp³-hybridized carbons (Fsp3) is 0.176. The van der Waals surface area contributed by atoms with Crippen molar-refractivity contribution in [3.63, 3.8) is 0 Å². The monoisotopic (exact) mass is 345 g/mol. The minimum absolute atomic E-state index is 0.0550. The summed E-state index contributed by atoms with van der Waals surface area (Å²) in [7, 11) is 0. The number of carboxylic acid groups (broad SMARTS) is 1. The van der Waals surface area contributed by atoms with Gasteiger partial charge in [0.1, 0.15) is 11.6 Å². The SMILES string of the molecule is Cc1nnc(C(CC(=O)O)c2cc(-c3cc(F)ccc3F)ccn2)o1. The molecule has 0 spiro atoms. The fourth-order valence-electron chi connectivity index (χ4n) is 2.47. The van der Waals surface area contributed by atoms with Gasteiger partial charge < -0.3 is 9.52 Å². The molecule has 0 amide bonds. The van der Waals surface area contributed by atoms with Gasteiger partial charge in [0.15, 0.2) is 0 Å². The maximum atomic E-state index is 14.0. The molecule has 3 rings (SSSR count). The van der Waals surface area contributed by atoms with Gasteiger partial charge in [-0.3, -0.25) is 9.78 Å². The van der Waals surface area contributed by atoms with E-state index in [1.54, 1.807) is 6.92 Å². The van der Waals surface area contributed by atoms with Gasteiger partial charge in [-0.15, -0.1) is 10.2 Å². The van der Waals surface area contributed by atoms with Crippen molar-refractivity contribution in [2.45, 2.75) is 19.3 Å². The second-order valence-electron chi connectivity index (χ2n) is 5.40. The predicted molar refractivity (Wildman–Crippen MR) is 82.7 cm³/mol. The van der Waals surface area contributed by atoms with E-state index in [1.165, 1.54) is 18.3 Å². The van der Waals surface area contributed by atoms with Gasteiger partial charge in [0, 0.05) is 18.7 Å². The molecule has 1 atom stereocenters. The predicted octanol–water partition coefficient (Wildman–Crippen LogP) is 3.32. The molecule has 0 aliphatic rings. The Morgan fingerprint density at radius 1 is 1.24 bits per heavy atom. The molecule has 2 aromatic heterocycles. The first-order valence-corrected chi connectivity index (χ1v) is 7.37. The molecule has 6 nitrogen and oxygen atoms in total. The molecule has 2 heterocycles. The molecule has 8 heteroatoms. The van der Waals surface area contributed by atoms with Crippen LogP contribution in [-0.2, 0) is 4.79 Å². The minimum Gasteiger partial charge on any atom is -0.481 e. The summed E-state index contributed by atoms with van der Waals surface area (Å²) in [6, 6.07) is 6.12. The van der Waals surface area contributed by atoms with Crippen molar-refractivity contribution in [3.8, 4) is 11.1 Å². The van der Waals surface area contributed by atoms with Crippen molar-refractivity contribution in [2.24, 2.45) is 0 Å². The molecule has 0 saturated carbocycles. The molecular weight excluding hydrogens is 332 g/mol. The molecule has 25 heavy (non-hydrogen) atoms. The number of aryl methyl sites for hydroxylation is 1. The summed E-state index contributed by atoms with van der Waals surface area (Å²) in [5.41, 5.74) is 0.736. The molecule has 0 aliphatic carbocycles. The fourth-order valence-corrected chi connectivity index (χ4v) is 2.47. The van der Waals surface area contributed by atoms with Gasteiger partial charge in [0.25, 0.3) is 0 Å². The van der Waals surface area contributed by atoms with E-state index in [9.17, 15) is 13.6 Å². The lowest BCUT2D eigenvalue weighted by molar-refractivity contribution is -0.137. The lowest BCUT2D eigenvalue weighted by Gasteiger charge is -2.12. The molecular formula is C17H13F2N3O3. The van der Waals surface area contributed by atoms with Crippen molar-refractivity contribution in [1.29, 1.82) is 0 Å². The van der Waals surface area contributed by atoms with Crippen molar-refractivity contribution in [2.75, 3.05) is 0 Å². The second-order valence-corrected chi connectivity index (χ2v) is 5.40. The van der Waals surface area contributed by atoms with Gasteiger partial charge in [-0.25, -0.2) is 8.78 Å². The topological polar surface area (TPSA) is 89.1 Å². The number of carboxylic acids is 1. The molecule has 1 unspecified atom stereocenters. The van der Waals surface area contributed by atoms with Crippen LogP contribution in [0, 0.1) is 18.6 Å². The first kappa shape index (κ1) is 16.7. The highest BCUT2D eigenvalue weighted by molar-refractivity contribution is 5.69. The van der Waals surface area contributed by atoms with E-state index in [4.69, 9.17) is 9.52 Å². The van der Waals surface area contributed by atoms with E-state index in [2.05, 4.69) is 15.2 Å². The normalized spacial score (nSPS) is 12.1. The lowest BCUT2D eigenvalue weighted by atomic mass is 9.97. The molecule has 3 aromatic rings. The molecule has 0 bridgehead atoms. The Kier molecular flexibility index (Phi) is 4.51. The van der Waals surface area contributed by atoms with Gasteiger partial charge in [0.2, 0.25) is 11.8 Å². The number of rotatable bonds is 5. The summed E-state index contributed by atoms with van der Waals surface area (Å²) in [6.45, 7) is 1.58. The third kappa shape index (κ3) is 3.68. The summed E-state index contributed by atoms with van der Waals surface area (Å²) < 4.78 is 32.8. The van der Waals surface area contributed by atoms with Crippen molar-refractivity contribution >= 4 is 5.97 Å². The Bertz CT molecular complexity index is 927. The maximum Gasteiger partial charge on any atom is 0.304 e. The average molecular weight is 345 g/mol. The number of aromatic nitrogens is 3. The second kappa shape index (κ2) is 6.76. The van der Waals surface area contributed by atoms with Crippen LogP contribution in [0.2, 0.25) is 0 Å². The van der Waals surface area contributed by atoms with Gasteiger partial charge >= 0.3 is 5.97 Å². The number of carbonyl (C=O) groups is 1. The zero-order valence-corrected chi connectivity index (χ0v) is 13.1. The molecule has 1 N–H and O–H groups in total. The number of aliphatic carboxylic acids is 1. The Morgan fingerprint density at radius 3 is 2.72 bits per heavy atom. The van der Waals surface area contributed by atoms with Crippen molar-refractivity contribution in [3.05, 3.63) is 65.6 Å². The Labute approximate surface area is 141 Å². The summed E-state index contributed by atoms with van der Waals surface area (Å²) in [4.78, 5) is 15.3. The van der Waals surface area contributed by atoms with Crippen LogP contribution in [-0.4, -0.2) is 26.3 Å². The van der Waals surface area contributed by atoms with Gasteiger partial charge in [-0.05, 0) is 35.9 Å². The highest BCUT2D eigenvalue weighted by Crippen LogP contribution is 2.30. The number of pyridine rings is 1. The quantitative estimate of drug-likeness (QED) is 0.763. The van der Waals surface area contributed by atoms with Gasteiger partial charge in [-0.2, -0.15) is 0 Å². The summed E-state index contributed by atoms with van der Waals surface area (Å²) >= 11 is 0. The van der Waals surface area contributed by atoms with Crippen LogP contribution in [0.4, 0.5) is 8.78 Å². The largest absolute Gasteiger partial charge is 0.481 e. The van der Waals surface area contributed by atoms with Gasteiger partial charge in [0.05, 0.1) is 18.0 Å². The lowest BCUT2D eigenvalue weighted by Crippen LogP contribution is -2.10. The smallest absolute Gasteiger partial charge is 0.304 e.